The molecule has 2 aromatic rings. The number of halogens is 1. The molecule has 0 aliphatic rings. The Balaban J connectivity index is 2.16. The first-order valence-corrected chi connectivity index (χ1v) is 5.64. The van der Waals surface area contributed by atoms with Crippen molar-refractivity contribution in [3.05, 3.63) is 30.3 Å². The monoisotopic (exact) mass is 265 g/mol. The molecule has 0 bridgehead atoms. The number of tetrazole rings is 1. The number of hydrogen-bond acceptors (Lipinski definition) is 5. The molecule has 0 aliphatic heterocycles. The number of carbonyl (C=O) groups is 1. The van der Waals surface area contributed by atoms with Gasteiger partial charge in [-0.15, -0.1) is 5.10 Å². The lowest BCUT2D eigenvalue weighted by Gasteiger charge is -2.08. The second-order valence-corrected chi connectivity index (χ2v) is 3.79. The van der Waals surface area contributed by atoms with E-state index in [-0.39, 0.29) is 24.6 Å². The molecule has 1 heterocycles. The lowest BCUT2D eigenvalue weighted by atomic mass is 10.2. The molecule has 0 radical (unpaired) electrons. The Morgan fingerprint density at radius 2 is 2.32 bits per heavy atom. The summed E-state index contributed by atoms with van der Waals surface area (Å²) >= 11 is 0. The number of rotatable bonds is 5. The van der Waals surface area contributed by atoms with Crippen molar-refractivity contribution in [2.24, 2.45) is 0 Å². The van der Waals surface area contributed by atoms with Crippen molar-refractivity contribution >= 4 is 11.6 Å². The summed E-state index contributed by atoms with van der Waals surface area (Å²) in [6, 6.07) is 4.15. The highest BCUT2D eigenvalue weighted by molar-refractivity contribution is 5.91. The smallest absolute Gasteiger partial charge is 0.224 e. The van der Waals surface area contributed by atoms with Crippen LogP contribution in [-0.4, -0.2) is 37.8 Å². The third-order valence-electron chi connectivity index (χ3n) is 2.40. The molecule has 0 saturated carbocycles. The van der Waals surface area contributed by atoms with Crippen LogP contribution in [0.3, 0.4) is 0 Å². The molecule has 0 atom stereocenters. The Kier molecular flexibility index (Phi) is 4.14. The largest absolute Gasteiger partial charge is 0.396 e. The van der Waals surface area contributed by atoms with E-state index in [2.05, 4.69) is 20.8 Å². The van der Waals surface area contributed by atoms with Gasteiger partial charge in [0, 0.05) is 13.0 Å². The number of hydrogen-bond donors (Lipinski definition) is 2. The van der Waals surface area contributed by atoms with Crippen molar-refractivity contribution in [1.29, 1.82) is 0 Å². The highest BCUT2D eigenvalue weighted by atomic mass is 19.1. The quantitative estimate of drug-likeness (QED) is 0.821. The Labute approximate surface area is 108 Å². The molecule has 7 nitrogen and oxygen atoms in total. The number of aromatic nitrogens is 4. The van der Waals surface area contributed by atoms with Crippen LogP contribution >= 0.6 is 0 Å². The van der Waals surface area contributed by atoms with Crippen LogP contribution < -0.4 is 5.32 Å². The van der Waals surface area contributed by atoms with Crippen molar-refractivity contribution < 1.29 is 14.3 Å². The molecular formula is C11H12FN5O2. The average molecular weight is 265 g/mol. The predicted molar refractivity (Wildman–Crippen MR) is 64.1 cm³/mol. The number of nitrogens with one attached hydrogen (secondary N) is 1. The average Bonchev–Trinajstić information content (AvgIpc) is 2.93. The van der Waals surface area contributed by atoms with E-state index < -0.39 is 5.82 Å². The van der Waals surface area contributed by atoms with Gasteiger partial charge in [0.2, 0.25) is 5.91 Å². The molecule has 0 saturated heterocycles. The van der Waals surface area contributed by atoms with Crippen LogP contribution in [-0.2, 0) is 4.79 Å². The van der Waals surface area contributed by atoms with E-state index in [1.165, 1.54) is 29.2 Å². The van der Waals surface area contributed by atoms with Gasteiger partial charge in [0.25, 0.3) is 0 Å². The number of carbonyl (C=O) groups excluding carboxylic acids is 1. The molecule has 1 amide bonds. The van der Waals surface area contributed by atoms with E-state index in [1.54, 1.807) is 0 Å². The van der Waals surface area contributed by atoms with Gasteiger partial charge >= 0.3 is 0 Å². The lowest BCUT2D eigenvalue weighted by Crippen LogP contribution is -2.13. The fraction of sp³-hybridized carbons (Fsp3) is 0.273. The van der Waals surface area contributed by atoms with E-state index in [0.717, 1.165) is 0 Å². The number of aliphatic hydroxyl groups is 1. The molecule has 1 aromatic heterocycles. The number of aliphatic hydroxyl groups excluding tert-OH is 1. The molecule has 0 unspecified atom stereocenters. The van der Waals surface area contributed by atoms with Crippen LogP contribution in [0.5, 0.6) is 0 Å². The van der Waals surface area contributed by atoms with E-state index in [9.17, 15) is 9.18 Å². The summed E-state index contributed by atoms with van der Waals surface area (Å²) in [6.45, 7) is -0.0828. The van der Waals surface area contributed by atoms with Crippen LogP contribution in [0.1, 0.15) is 12.8 Å². The molecule has 1 aromatic carbocycles. The van der Waals surface area contributed by atoms with Crippen LogP contribution in [0.25, 0.3) is 5.69 Å². The zero-order valence-corrected chi connectivity index (χ0v) is 9.95. The summed E-state index contributed by atoms with van der Waals surface area (Å²) in [5, 5.41) is 21.7. The van der Waals surface area contributed by atoms with Crippen molar-refractivity contribution in [2.75, 3.05) is 11.9 Å². The number of amides is 1. The number of nitrogens with zero attached hydrogens (tertiary/aromatic N) is 4. The minimum absolute atomic E-state index is 0.0518. The predicted octanol–water partition coefficient (Wildman–Crippen LogP) is 0.512. The van der Waals surface area contributed by atoms with Crippen LogP contribution in [0.2, 0.25) is 0 Å². The number of benzene rings is 1. The fourth-order valence-electron chi connectivity index (χ4n) is 1.48. The Morgan fingerprint density at radius 1 is 1.47 bits per heavy atom. The summed E-state index contributed by atoms with van der Waals surface area (Å²) in [5.74, 6) is -0.906. The first kappa shape index (κ1) is 13.1. The third-order valence-corrected chi connectivity index (χ3v) is 2.40. The van der Waals surface area contributed by atoms with Gasteiger partial charge in [0.05, 0.1) is 11.4 Å². The standard InChI is InChI=1S/C11H12FN5O2/c12-9-4-3-8(17-7-13-15-16-17)6-10(9)14-11(19)2-1-5-18/h3-4,6-7,18H,1-2,5H2,(H,14,19). The minimum atomic E-state index is -0.547. The Morgan fingerprint density at radius 3 is 3.00 bits per heavy atom. The second kappa shape index (κ2) is 6.01. The molecule has 2 N–H and O–H groups in total. The van der Waals surface area contributed by atoms with Crippen molar-refractivity contribution in [1.82, 2.24) is 20.2 Å². The van der Waals surface area contributed by atoms with Crippen LogP contribution in [0.4, 0.5) is 10.1 Å². The topological polar surface area (TPSA) is 92.9 Å². The van der Waals surface area contributed by atoms with Gasteiger partial charge in [-0.1, -0.05) is 0 Å². The van der Waals surface area contributed by atoms with E-state index in [1.807, 2.05) is 0 Å². The van der Waals surface area contributed by atoms with Gasteiger partial charge in [0.15, 0.2) is 0 Å². The van der Waals surface area contributed by atoms with Gasteiger partial charge in [-0.25, -0.2) is 9.07 Å². The van der Waals surface area contributed by atoms with Crippen LogP contribution in [0, 0.1) is 5.82 Å². The summed E-state index contributed by atoms with van der Waals surface area (Å²) < 4.78 is 14.9. The minimum Gasteiger partial charge on any atom is -0.396 e. The lowest BCUT2D eigenvalue weighted by molar-refractivity contribution is -0.116. The molecule has 2 rings (SSSR count). The number of anilines is 1. The van der Waals surface area contributed by atoms with Gasteiger partial charge in [-0.2, -0.15) is 0 Å². The summed E-state index contributed by atoms with van der Waals surface area (Å²) in [7, 11) is 0. The van der Waals surface area contributed by atoms with Gasteiger partial charge < -0.3 is 10.4 Å². The molecule has 0 aliphatic carbocycles. The molecule has 8 heteroatoms. The molecule has 19 heavy (non-hydrogen) atoms. The van der Waals surface area contributed by atoms with Gasteiger partial charge in [0.1, 0.15) is 12.1 Å². The van der Waals surface area contributed by atoms with E-state index >= 15 is 0 Å². The van der Waals surface area contributed by atoms with Crippen molar-refractivity contribution in [3.8, 4) is 5.69 Å². The molecular weight excluding hydrogens is 253 g/mol. The highest BCUT2D eigenvalue weighted by Gasteiger charge is 2.09. The van der Waals surface area contributed by atoms with Crippen molar-refractivity contribution in [3.63, 3.8) is 0 Å². The normalized spacial score (nSPS) is 10.4. The zero-order valence-electron chi connectivity index (χ0n) is 9.95. The van der Waals surface area contributed by atoms with Crippen molar-refractivity contribution in [2.45, 2.75) is 12.8 Å². The van der Waals surface area contributed by atoms with Gasteiger partial charge in [-0.05, 0) is 35.0 Å². The first-order valence-electron chi connectivity index (χ1n) is 5.64. The van der Waals surface area contributed by atoms with Crippen LogP contribution in [0.15, 0.2) is 24.5 Å². The Bertz CT molecular complexity index is 558. The molecule has 0 fully saturated rings. The summed E-state index contributed by atoms with van der Waals surface area (Å²) in [4.78, 5) is 11.5. The molecule has 0 spiro atoms. The highest BCUT2D eigenvalue weighted by Crippen LogP contribution is 2.18. The maximum atomic E-state index is 13.6. The SMILES string of the molecule is O=C(CCCO)Nc1cc(-n2cnnn2)ccc1F. The maximum absolute atomic E-state index is 13.6. The summed E-state index contributed by atoms with van der Waals surface area (Å²) in [6.07, 6.45) is 1.83. The third kappa shape index (κ3) is 3.32. The second-order valence-electron chi connectivity index (χ2n) is 3.79. The van der Waals surface area contributed by atoms with E-state index in [4.69, 9.17) is 5.11 Å². The zero-order chi connectivity index (χ0) is 13.7. The fourth-order valence-corrected chi connectivity index (χ4v) is 1.48. The molecule has 100 valence electrons. The Hall–Kier alpha value is -2.35. The van der Waals surface area contributed by atoms with Gasteiger partial charge in [-0.3, -0.25) is 4.79 Å². The summed E-state index contributed by atoms with van der Waals surface area (Å²) in [5.41, 5.74) is 0.583. The van der Waals surface area contributed by atoms with E-state index in [0.29, 0.717) is 12.1 Å². The maximum Gasteiger partial charge on any atom is 0.224 e. The first-order chi connectivity index (χ1) is 9.20.